The molecule has 1 atom stereocenters. The predicted octanol–water partition coefficient (Wildman–Crippen LogP) is -0.0405. The molecule has 18 heavy (non-hydrogen) atoms. The monoisotopic (exact) mass is 288 g/mol. The van der Waals surface area contributed by atoms with Crippen molar-refractivity contribution in [3.63, 3.8) is 0 Å². The van der Waals surface area contributed by atoms with Crippen LogP contribution < -0.4 is 11.1 Å². The Labute approximate surface area is 103 Å². The van der Waals surface area contributed by atoms with E-state index < -0.39 is 33.5 Å². The van der Waals surface area contributed by atoms with Crippen LogP contribution in [-0.2, 0) is 14.6 Å². The van der Waals surface area contributed by atoms with Gasteiger partial charge in [0.1, 0.15) is 15.4 Å². The fourth-order valence-corrected chi connectivity index (χ4v) is 2.09. The lowest BCUT2D eigenvalue weighted by Gasteiger charge is -2.22. The number of carbonyl (C=O) groups is 1. The summed E-state index contributed by atoms with van der Waals surface area (Å²) in [5.41, 5.74) is 3.20. The van der Waals surface area contributed by atoms with Gasteiger partial charge in [-0.1, -0.05) is 0 Å². The molecule has 1 amide bonds. The maximum absolute atomic E-state index is 12.5. The normalized spacial score (nSPS) is 20.3. The van der Waals surface area contributed by atoms with E-state index in [0.717, 1.165) is 6.26 Å². The van der Waals surface area contributed by atoms with Crippen molar-refractivity contribution in [1.29, 1.82) is 0 Å². The molecule has 3 N–H and O–H groups in total. The minimum atomic E-state index is -4.50. The van der Waals surface area contributed by atoms with Crippen molar-refractivity contribution in [2.75, 3.05) is 12.0 Å². The molecule has 1 aliphatic carbocycles. The van der Waals surface area contributed by atoms with Crippen LogP contribution in [0.3, 0.4) is 0 Å². The highest BCUT2D eigenvalue weighted by atomic mass is 32.2. The molecule has 0 bridgehead atoms. The number of amides is 1. The van der Waals surface area contributed by atoms with E-state index in [9.17, 15) is 26.4 Å². The number of nitrogens with two attached hydrogens (primary N) is 1. The summed E-state index contributed by atoms with van der Waals surface area (Å²) in [6.07, 6.45) is -4.06. The summed E-state index contributed by atoms with van der Waals surface area (Å²) in [4.78, 5) is 11.4. The van der Waals surface area contributed by atoms with Gasteiger partial charge in [0, 0.05) is 6.26 Å². The third-order valence-electron chi connectivity index (χ3n) is 2.79. The van der Waals surface area contributed by atoms with E-state index in [4.69, 9.17) is 5.73 Å². The smallest absolute Gasteiger partial charge is 0.341 e. The molecular weight excluding hydrogens is 273 g/mol. The molecule has 1 rings (SSSR count). The Balaban J connectivity index is 2.51. The molecule has 1 aliphatic rings. The Morgan fingerprint density at radius 2 is 1.94 bits per heavy atom. The number of carbonyl (C=O) groups excluding carboxylic acids is 1. The average Bonchev–Trinajstić information content (AvgIpc) is 2.92. The van der Waals surface area contributed by atoms with E-state index in [1.165, 1.54) is 0 Å². The second kappa shape index (κ2) is 4.69. The molecule has 106 valence electrons. The summed E-state index contributed by atoms with van der Waals surface area (Å²) < 4.78 is 59.3. The molecule has 0 spiro atoms. The van der Waals surface area contributed by atoms with Gasteiger partial charge in [-0.05, 0) is 19.3 Å². The van der Waals surface area contributed by atoms with Crippen LogP contribution in [0.5, 0.6) is 0 Å². The first-order valence-corrected chi connectivity index (χ1v) is 7.35. The van der Waals surface area contributed by atoms with Gasteiger partial charge in [0.25, 0.3) is 0 Å². The van der Waals surface area contributed by atoms with E-state index in [-0.39, 0.29) is 25.0 Å². The van der Waals surface area contributed by atoms with Crippen LogP contribution in [0.1, 0.15) is 19.3 Å². The molecule has 1 fully saturated rings. The van der Waals surface area contributed by atoms with Gasteiger partial charge >= 0.3 is 6.18 Å². The Bertz CT molecular complexity index is 429. The summed E-state index contributed by atoms with van der Waals surface area (Å²) in [6.45, 7) is 0. The summed E-state index contributed by atoms with van der Waals surface area (Å²) in [5, 5.41) is 1.86. The quantitative estimate of drug-likeness (QED) is 0.743. The maximum atomic E-state index is 12.5. The summed E-state index contributed by atoms with van der Waals surface area (Å²) in [6, 6.07) is -1.25. The number of rotatable bonds is 5. The fourth-order valence-electron chi connectivity index (χ4n) is 1.41. The minimum absolute atomic E-state index is 0.166. The molecule has 0 aromatic heterocycles. The molecule has 5 nitrogen and oxygen atoms in total. The third kappa shape index (κ3) is 3.84. The molecule has 1 saturated carbocycles. The van der Waals surface area contributed by atoms with Gasteiger partial charge in [-0.2, -0.15) is 13.2 Å². The summed E-state index contributed by atoms with van der Waals surface area (Å²) >= 11 is 0. The highest BCUT2D eigenvalue weighted by Gasteiger charge is 2.64. The van der Waals surface area contributed by atoms with Crippen molar-refractivity contribution in [1.82, 2.24) is 5.32 Å². The van der Waals surface area contributed by atoms with Gasteiger partial charge in [-0.25, -0.2) is 8.42 Å². The Hall–Kier alpha value is -0.830. The minimum Gasteiger partial charge on any atom is -0.341 e. The van der Waals surface area contributed by atoms with Gasteiger partial charge in [0.15, 0.2) is 0 Å². The van der Waals surface area contributed by atoms with E-state index in [1.807, 2.05) is 5.32 Å². The van der Waals surface area contributed by atoms with Crippen LogP contribution in [-0.4, -0.2) is 44.1 Å². The highest BCUT2D eigenvalue weighted by Crippen LogP contribution is 2.48. The Morgan fingerprint density at radius 1 is 1.44 bits per heavy atom. The van der Waals surface area contributed by atoms with Gasteiger partial charge in [-0.15, -0.1) is 0 Å². The molecule has 0 saturated heterocycles. The third-order valence-corrected chi connectivity index (χ3v) is 3.77. The molecule has 1 unspecified atom stereocenters. The fraction of sp³-hybridized carbons (Fsp3) is 0.889. The van der Waals surface area contributed by atoms with Gasteiger partial charge in [-0.3, -0.25) is 4.79 Å². The number of halogens is 3. The molecule has 0 radical (unpaired) electrons. The Kier molecular flexibility index (Phi) is 3.97. The van der Waals surface area contributed by atoms with E-state index in [2.05, 4.69) is 0 Å². The van der Waals surface area contributed by atoms with E-state index >= 15 is 0 Å². The number of nitrogens with one attached hydrogen (secondary N) is 1. The van der Waals surface area contributed by atoms with Crippen molar-refractivity contribution in [3.05, 3.63) is 0 Å². The first-order chi connectivity index (χ1) is 7.97. The Morgan fingerprint density at radius 3 is 2.28 bits per heavy atom. The SMILES string of the molecule is CS(=O)(=O)CCC(N)C(=O)NC1(C(F)(F)F)CC1. The zero-order valence-electron chi connectivity index (χ0n) is 9.75. The predicted molar refractivity (Wildman–Crippen MR) is 58.5 cm³/mol. The molecule has 0 aromatic carbocycles. The zero-order valence-corrected chi connectivity index (χ0v) is 10.6. The molecular formula is C9H15F3N2O3S. The topological polar surface area (TPSA) is 89.3 Å². The second-order valence-corrected chi connectivity index (χ2v) is 6.85. The van der Waals surface area contributed by atoms with Gasteiger partial charge in [0.2, 0.25) is 5.91 Å². The largest absolute Gasteiger partial charge is 0.411 e. The van der Waals surface area contributed by atoms with Gasteiger partial charge in [0.05, 0.1) is 11.8 Å². The van der Waals surface area contributed by atoms with Crippen molar-refractivity contribution in [3.8, 4) is 0 Å². The van der Waals surface area contributed by atoms with Crippen molar-refractivity contribution in [2.45, 2.75) is 37.0 Å². The zero-order chi connectivity index (χ0) is 14.2. The van der Waals surface area contributed by atoms with Crippen molar-refractivity contribution >= 4 is 15.7 Å². The highest BCUT2D eigenvalue weighted by molar-refractivity contribution is 7.90. The first-order valence-electron chi connectivity index (χ1n) is 5.29. The first kappa shape index (κ1) is 15.2. The molecule has 0 heterocycles. The molecule has 0 aliphatic heterocycles. The lowest BCUT2D eigenvalue weighted by Crippen LogP contribution is -2.53. The van der Waals surface area contributed by atoms with Crippen LogP contribution in [0.4, 0.5) is 13.2 Å². The molecule has 0 aromatic rings. The second-order valence-electron chi connectivity index (χ2n) is 4.59. The van der Waals surface area contributed by atoms with Crippen LogP contribution in [0.2, 0.25) is 0 Å². The number of alkyl halides is 3. The van der Waals surface area contributed by atoms with Crippen LogP contribution in [0.15, 0.2) is 0 Å². The number of hydrogen-bond acceptors (Lipinski definition) is 4. The van der Waals surface area contributed by atoms with Crippen molar-refractivity contribution in [2.24, 2.45) is 5.73 Å². The van der Waals surface area contributed by atoms with Crippen molar-refractivity contribution < 1.29 is 26.4 Å². The lowest BCUT2D eigenvalue weighted by molar-refractivity contribution is -0.170. The van der Waals surface area contributed by atoms with Crippen LogP contribution >= 0.6 is 0 Å². The number of sulfone groups is 1. The summed E-state index contributed by atoms with van der Waals surface area (Å²) in [5.74, 6) is -1.30. The van der Waals surface area contributed by atoms with Crippen LogP contribution in [0.25, 0.3) is 0 Å². The maximum Gasteiger partial charge on any atom is 0.411 e. The van der Waals surface area contributed by atoms with E-state index in [1.54, 1.807) is 0 Å². The van der Waals surface area contributed by atoms with Crippen LogP contribution in [0, 0.1) is 0 Å². The molecule has 9 heteroatoms. The summed E-state index contributed by atoms with van der Waals surface area (Å²) in [7, 11) is -3.29. The standard InChI is InChI=1S/C9H15F3N2O3S/c1-18(16,17)5-2-6(13)7(15)14-8(3-4-8)9(10,11)12/h6H,2-5,13H2,1H3,(H,14,15). The lowest BCUT2D eigenvalue weighted by atomic mass is 10.2. The van der Waals surface area contributed by atoms with Gasteiger partial charge < -0.3 is 11.1 Å². The average molecular weight is 288 g/mol. The van der Waals surface area contributed by atoms with E-state index in [0.29, 0.717) is 0 Å². The number of hydrogen-bond donors (Lipinski definition) is 2.